The number of ether oxygens (including phenoxy) is 2. The summed E-state index contributed by atoms with van der Waals surface area (Å²) in [6.07, 6.45) is 0.106. The van der Waals surface area contributed by atoms with Crippen molar-refractivity contribution in [3.8, 4) is 11.5 Å². The molecule has 0 aliphatic carbocycles. The molecule has 1 unspecified atom stereocenters. The first-order chi connectivity index (χ1) is 12.4. The number of hydrogen-bond acceptors (Lipinski definition) is 3. The Morgan fingerprint density at radius 2 is 1.73 bits per heavy atom. The van der Waals surface area contributed by atoms with Crippen LogP contribution in [0.3, 0.4) is 0 Å². The lowest BCUT2D eigenvalue weighted by atomic mass is 10.1. The molecule has 0 aromatic heterocycles. The molecule has 1 N–H and O–H groups in total. The van der Waals surface area contributed by atoms with Gasteiger partial charge in [0.15, 0.2) is 6.10 Å². The minimum Gasteiger partial charge on any atom is -0.491 e. The SMILES string of the molecule is CCC(Oc1ccc(C)c(C)c1)C(=O)NCCOc1cc(C)ccc1C. The summed E-state index contributed by atoms with van der Waals surface area (Å²) in [5.41, 5.74) is 4.60. The van der Waals surface area contributed by atoms with Crippen LogP contribution in [0.25, 0.3) is 0 Å². The maximum Gasteiger partial charge on any atom is 0.261 e. The van der Waals surface area contributed by atoms with Gasteiger partial charge in [-0.25, -0.2) is 0 Å². The van der Waals surface area contributed by atoms with Gasteiger partial charge in [-0.3, -0.25) is 4.79 Å². The average Bonchev–Trinajstić information content (AvgIpc) is 2.62. The highest BCUT2D eigenvalue weighted by Gasteiger charge is 2.18. The van der Waals surface area contributed by atoms with E-state index in [0.717, 1.165) is 28.2 Å². The monoisotopic (exact) mass is 355 g/mol. The van der Waals surface area contributed by atoms with Crippen molar-refractivity contribution in [1.82, 2.24) is 5.32 Å². The van der Waals surface area contributed by atoms with Crippen LogP contribution in [0.15, 0.2) is 36.4 Å². The summed E-state index contributed by atoms with van der Waals surface area (Å²) in [6, 6.07) is 12.0. The molecule has 0 bridgehead atoms. The van der Waals surface area contributed by atoms with Crippen LogP contribution in [0.1, 0.15) is 35.6 Å². The van der Waals surface area contributed by atoms with E-state index in [-0.39, 0.29) is 5.91 Å². The standard InChI is InChI=1S/C22H29NO3/c1-6-20(26-19-10-9-16(3)18(5)14-19)22(24)23-11-12-25-21-13-15(2)7-8-17(21)4/h7-10,13-14,20H,6,11-12H2,1-5H3,(H,23,24). The van der Waals surface area contributed by atoms with E-state index in [1.54, 1.807) is 0 Å². The molecule has 2 aromatic carbocycles. The second kappa shape index (κ2) is 9.27. The number of rotatable bonds is 8. The maximum atomic E-state index is 12.4. The molecule has 2 aromatic rings. The topological polar surface area (TPSA) is 47.6 Å². The summed E-state index contributed by atoms with van der Waals surface area (Å²) >= 11 is 0. The van der Waals surface area contributed by atoms with E-state index in [9.17, 15) is 4.79 Å². The van der Waals surface area contributed by atoms with Gasteiger partial charge in [0.05, 0.1) is 6.54 Å². The zero-order valence-corrected chi connectivity index (χ0v) is 16.4. The number of carbonyl (C=O) groups is 1. The summed E-state index contributed by atoms with van der Waals surface area (Å²) in [7, 11) is 0. The van der Waals surface area contributed by atoms with Crippen LogP contribution < -0.4 is 14.8 Å². The molecule has 26 heavy (non-hydrogen) atoms. The van der Waals surface area contributed by atoms with Crippen molar-refractivity contribution < 1.29 is 14.3 Å². The highest BCUT2D eigenvalue weighted by Crippen LogP contribution is 2.19. The Bertz CT molecular complexity index is 755. The van der Waals surface area contributed by atoms with Crippen molar-refractivity contribution in [2.75, 3.05) is 13.2 Å². The van der Waals surface area contributed by atoms with Gasteiger partial charge in [0.25, 0.3) is 5.91 Å². The molecule has 140 valence electrons. The first-order valence-corrected chi connectivity index (χ1v) is 9.12. The Hall–Kier alpha value is -2.49. The predicted molar refractivity (Wildman–Crippen MR) is 105 cm³/mol. The predicted octanol–water partition coefficient (Wildman–Crippen LogP) is 4.27. The lowest BCUT2D eigenvalue weighted by Gasteiger charge is -2.18. The Labute approximate surface area is 156 Å². The maximum absolute atomic E-state index is 12.4. The van der Waals surface area contributed by atoms with E-state index in [4.69, 9.17) is 9.47 Å². The van der Waals surface area contributed by atoms with E-state index in [1.807, 2.05) is 58.0 Å². The van der Waals surface area contributed by atoms with Gasteiger partial charge in [-0.05, 0) is 74.6 Å². The number of nitrogens with one attached hydrogen (secondary N) is 1. The molecule has 0 radical (unpaired) electrons. The van der Waals surface area contributed by atoms with Crippen LogP contribution in [0, 0.1) is 27.7 Å². The van der Waals surface area contributed by atoms with Crippen LogP contribution >= 0.6 is 0 Å². The molecule has 0 heterocycles. The molecule has 0 saturated carbocycles. The van der Waals surface area contributed by atoms with Crippen LogP contribution in [0.2, 0.25) is 0 Å². The second-order valence-corrected chi connectivity index (χ2v) is 6.67. The quantitative estimate of drug-likeness (QED) is 0.719. The number of hydrogen-bond donors (Lipinski definition) is 1. The molecule has 1 atom stereocenters. The Morgan fingerprint density at radius 3 is 2.42 bits per heavy atom. The third kappa shape index (κ3) is 5.51. The minimum absolute atomic E-state index is 0.115. The highest BCUT2D eigenvalue weighted by atomic mass is 16.5. The molecule has 4 heteroatoms. The Kier molecular flexibility index (Phi) is 7.07. The molecular weight excluding hydrogens is 326 g/mol. The lowest BCUT2D eigenvalue weighted by Crippen LogP contribution is -2.39. The van der Waals surface area contributed by atoms with Gasteiger partial charge in [0.1, 0.15) is 18.1 Å². The van der Waals surface area contributed by atoms with E-state index >= 15 is 0 Å². The fourth-order valence-corrected chi connectivity index (χ4v) is 2.59. The normalized spacial score (nSPS) is 11.7. The molecular formula is C22H29NO3. The van der Waals surface area contributed by atoms with E-state index < -0.39 is 6.10 Å². The third-order valence-corrected chi connectivity index (χ3v) is 4.42. The molecule has 0 aliphatic heterocycles. The Morgan fingerprint density at radius 1 is 1.00 bits per heavy atom. The minimum atomic E-state index is -0.502. The van der Waals surface area contributed by atoms with Crippen molar-refractivity contribution in [2.24, 2.45) is 0 Å². The van der Waals surface area contributed by atoms with Crippen molar-refractivity contribution in [3.05, 3.63) is 58.7 Å². The van der Waals surface area contributed by atoms with Crippen molar-refractivity contribution in [2.45, 2.75) is 47.1 Å². The molecule has 4 nitrogen and oxygen atoms in total. The summed E-state index contributed by atoms with van der Waals surface area (Å²) in [6.45, 7) is 10.9. The van der Waals surface area contributed by atoms with Gasteiger partial charge >= 0.3 is 0 Å². The summed E-state index contributed by atoms with van der Waals surface area (Å²) in [5.74, 6) is 1.47. The summed E-state index contributed by atoms with van der Waals surface area (Å²) < 4.78 is 11.6. The lowest BCUT2D eigenvalue weighted by molar-refractivity contribution is -0.128. The average molecular weight is 355 g/mol. The van der Waals surface area contributed by atoms with Gasteiger partial charge in [0.2, 0.25) is 0 Å². The fourth-order valence-electron chi connectivity index (χ4n) is 2.59. The zero-order valence-electron chi connectivity index (χ0n) is 16.4. The zero-order chi connectivity index (χ0) is 19.1. The molecule has 0 fully saturated rings. The first kappa shape index (κ1) is 19.8. The fraction of sp³-hybridized carbons (Fsp3) is 0.409. The third-order valence-electron chi connectivity index (χ3n) is 4.42. The largest absolute Gasteiger partial charge is 0.491 e. The van der Waals surface area contributed by atoms with Crippen molar-refractivity contribution >= 4 is 5.91 Å². The van der Waals surface area contributed by atoms with E-state index in [1.165, 1.54) is 5.56 Å². The molecule has 0 spiro atoms. The molecule has 0 saturated heterocycles. The van der Waals surface area contributed by atoms with Gasteiger partial charge in [-0.1, -0.05) is 25.1 Å². The van der Waals surface area contributed by atoms with Gasteiger partial charge < -0.3 is 14.8 Å². The summed E-state index contributed by atoms with van der Waals surface area (Å²) in [4.78, 5) is 12.4. The van der Waals surface area contributed by atoms with Gasteiger partial charge in [-0.15, -0.1) is 0 Å². The van der Waals surface area contributed by atoms with Crippen LogP contribution in [0.5, 0.6) is 11.5 Å². The first-order valence-electron chi connectivity index (χ1n) is 9.12. The smallest absolute Gasteiger partial charge is 0.261 e. The summed E-state index contributed by atoms with van der Waals surface area (Å²) in [5, 5.41) is 2.90. The number of aryl methyl sites for hydroxylation is 4. The van der Waals surface area contributed by atoms with E-state index in [2.05, 4.69) is 18.3 Å². The van der Waals surface area contributed by atoms with Crippen LogP contribution in [-0.4, -0.2) is 25.2 Å². The van der Waals surface area contributed by atoms with Crippen molar-refractivity contribution in [1.29, 1.82) is 0 Å². The van der Waals surface area contributed by atoms with Gasteiger partial charge in [-0.2, -0.15) is 0 Å². The molecule has 1 amide bonds. The Balaban J connectivity index is 1.83. The molecule has 2 rings (SSSR count). The van der Waals surface area contributed by atoms with Crippen LogP contribution in [-0.2, 0) is 4.79 Å². The number of amides is 1. The van der Waals surface area contributed by atoms with Crippen LogP contribution in [0.4, 0.5) is 0 Å². The second-order valence-electron chi connectivity index (χ2n) is 6.67. The highest BCUT2D eigenvalue weighted by molar-refractivity contribution is 5.81. The van der Waals surface area contributed by atoms with Gasteiger partial charge in [0, 0.05) is 0 Å². The number of carbonyl (C=O) groups excluding carboxylic acids is 1. The van der Waals surface area contributed by atoms with E-state index in [0.29, 0.717) is 19.6 Å². The molecule has 0 aliphatic rings. The number of benzene rings is 2. The van der Waals surface area contributed by atoms with Crippen molar-refractivity contribution in [3.63, 3.8) is 0 Å².